The number of rotatable bonds is 2. The van der Waals surface area contributed by atoms with Crippen LogP contribution >= 0.6 is 11.6 Å². The molecule has 1 atom stereocenters. The van der Waals surface area contributed by atoms with Gasteiger partial charge in [0.05, 0.1) is 12.4 Å². The maximum Gasteiger partial charge on any atom is 0.157 e. The van der Waals surface area contributed by atoms with E-state index in [1.54, 1.807) is 0 Å². The Morgan fingerprint density at radius 2 is 2.23 bits per heavy atom. The van der Waals surface area contributed by atoms with Crippen LogP contribution in [-0.4, -0.2) is 19.1 Å². The summed E-state index contributed by atoms with van der Waals surface area (Å²) in [5, 5.41) is 15.2. The zero-order chi connectivity index (χ0) is 9.31. The molecule has 0 aromatic heterocycles. The molecule has 1 N–H and O–H groups in total. The summed E-state index contributed by atoms with van der Waals surface area (Å²) in [5.74, 6) is 0.388. The number of fused-ring (bicyclic) bond motifs is 1. The van der Waals surface area contributed by atoms with E-state index in [0.717, 1.165) is 11.4 Å². The number of hydrogen-bond acceptors (Lipinski definition) is 2. The highest BCUT2D eigenvalue weighted by Crippen LogP contribution is 2.35. The van der Waals surface area contributed by atoms with Crippen LogP contribution in [0.3, 0.4) is 0 Å². The van der Waals surface area contributed by atoms with Crippen molar-refractivity contribution >= 4 is 23.0 Å². The van der Waals surface area contributed by atoms with Gasteiger partial charge in [0.2, 0.25) is 0 Å². The predicted octanol–water partition coefficient (Wildman–Crippen LogP) is 2.11. The van der Waals surface area contributed by atoms with Gasteiger partial charge in [0.25, 0.3) is 0 Å². The summed E-state index contributed by atoms with van der Waals surface area (Å²) in [4.78, 5) is 0. The molecular weight excluding hydrogens is 188 g/mol. The highest BCUT2D eigenvalue weighted by atomic mass is 35.5. The average molecular weight is 199 g/mol. The largest absolute Gasteiger partial charge is 0.626 e. The van der Waals surface area contributed by atoms with E-state index < -0.39 is 0 Å². The minimum atomic E-state index is -0.348. The Balaban J connectivity index is 2.37. The van der Waals surface area contributed by atoms with E-state index in [-0.39, 0.29) is 4.65 Å². The van der Waals surface area contributed by atoms with Crippen LogP contribution in [0.25, 0.3) is 0 Å². The molecule has 2 rings (SSSR count). The van der Waals surface area contributed by atoms with Gasteiger partial charge >= 0.3 is 0 Å². The Bertz CT molecular complexity index is 314. The van der Waals surface area contributed by atoms with Crippen molar-refractivity contribution in [1.82, 2.24) is 4.65 Å². The molecular formula is C9H11ClN2O. The Morgan fingerprint density at radius 1 is 1.46 bits per heavy atom. The third kappa shape index (κ3) is 1.39. The van der Waals surface area contributed by atoms with Gasteiger partial charge in [-0.2, -0.15) is 0 Å². The highest BCUT2D eigenvalue weighted by molar-refractivity contribution is 6.18. The number of halogens is 1. The molecule has 1 aliphatic rings. The zero-order valence-electron chi connectivity index (χ0n) is 7.16. The second-order valence-electron chi connectivity index (χ2n) is 3.15. The second kappa shape index (κ2) is 3.18. The molecule has 0 spiro atoms. The number of hydrogen-bond donors (Lipinski definition) is 1. The van der Waals surface area contributed by atoms with Crippen LogP contribution in [-0.2, 0) is 0 Å². The number of benzene rings is 1. The van der Waals surface area contributed by atoms with Crippen molar-refractivity contribution in [2.24, 2.45) is 0 Å². The third-order valence-corrected chi connectivity index (χ3v) is 2.48. The Kier molecular flexibility index (Phi) is 2.15. The van der Waals surface area contributed by atoms with Crippen LogP contribution in [0.1, 0.15) is 0 Å². The lowest BCUT2D eigenvalue weighted by Crippen LogP contribution is -2.44. The molecule has 4 heteroatoms. The van der Waals surface area contributed by atoms with Gasteiger partial charge in [-0.3, -0.25) is 0 Å². The number of nitrogens with one attached hydrogen (secondary N) is 1. The van der Waals surface area contributed by atoms with Gasteiger partial charge in [0.15, 0.2) is 12.4 Å². The van der Waals surface area contributed by atoms with Crippen LogP contribution in [0.5, 0.6) is 0 Å². The maximum absolute atomic E-state index is 12.1. The van der Waals surface area contributed by atoms with Gasteiger partial charge in [-0.15, -0.1) is 11.6 Å². The van der Waals surface area contributed by atoms with E-state index in [0.29, 0.717) is 19.1 Å². The molecule has 70 valence electrons. The second-order valence-corrected chi connectivity index (χ2v) is 3.53. The molecule has 3 nitrogen and oxygen atoms in total. The van der Waals surface area contributed by atoms with Gasteiger partial charge in [-0.05, 0) is 6.07 Å². The van der Waals surface area contributed by atoms with E-state index >= 15 is 0 Å². The van der Waals surface area contributed by atoms with Crippen molar-refractivity contribution in [3.8, 4) is 0 Å². The SMILES string of the molecule is [O-][N+]1(CCCl)CNc2ccccc21. The number of hydroxylamine groups is 2. The summed E-state index contributed by atoms with van der Waals surface area (Å²) in [6, 6.07) is 7.57. The van der Waals surface area contributed by atoms with Crippen molar-refractivity contribution in [2.45, 2.75) is 0 Å². The lowest BCUT2D eigenvalue weighted by Gasteiger charge is -2.36. The van der Waals surface area contributed by atoms with Crippen molar-refractivity contribution in [3.05, 3.63) is 29.5 Å². The molecule has 1 heterocycles. The van der Waals surface area contributed by atoms with Crippen LogP contribution in [0.15, 0.2) is 24.3 Å². The van der Waals surface area contributed by atoms with Crippen LogP contribution < -0.4 is 9.96 Å². The monoisotopic (exact) mass is 198 g/mol. The van der Waals surface area contributed by atoms with E-state index in [1.807, 2.05) is 24.3 Å². The van der Waals surface area contributed by atoms with Crippen molar-refractivity contribution < 1.29 is 0 Å². The first kappa shape index (κ1) is 8.81. The standard InChI is InChI=1S/C9H11ClN2O/c10-5-6-12(13)7-11-8-3-1-2-4-9(8)12/h1-4,11H,5-7H2. The predicted molar refractivity (Wildman–Crippen MR) is 55.7 cm³/mol. The summed E-state index contributed by atoms with van der Waals surface area (Å²) in [5.41, 5.74) is 1.73. The number of nitrogens with zero attached hydrogens (tertiary/aromatic N) is 1. The normalized spacial score (nSPS) is 25.4. The summed E-state index contributed by atoms with van der Waals surface area (Å²) < 4.78 is -0.348. The molecule has 0 saturated carbocycles. The summed E-state index contributed by atoms with van der Waals surface area (Å²) in [7, 11) is 0. The molecule has 13 heavy (non-hydrogen) atoms. The fraction of sp³-hybridized carbons (Fsp3) is 0.333. The number of anilines is 1. The maximum atomic E-state index is 12.1. The quantitative estimate of drug-likeness (QED) is 0.449. The van der Waals surface area contributed by atoms with Gasteiger partial charge in [-0.1, -0.05) is 12.1 Å². The Hall–Kier alpha value is -0.770. The number of quaternary nitrogens is 1. The highest BCUT2D eigenvalue weighted by Gasteiger charge is 2.28. The summed E-state index contributed by atoms with van der Waals surface area (Å²) in [6.45, 7) is 0.817. The van der Waals surface area contributed by atoms with Crippen molar-refractivity contribution in [2.75, 3.05) is 24.4 Å². The topological polar surface area (TPSA) is 35.1 Å². The first-order valence-corrected chi connectivity index (χ1v) is 4.77. The smallest absolute Gasteiger partial charge is 0.157 e. The first-order chi connectivity index (χ1) is 6.26. The molecule has 0 bridgehead atoms. The fourth-order valence-corrected chi connectivity index (χ4v) is 1.89. The first-order valence-electron chi connectivity index (χ1n) is 4.24. The van der Waals surface area contributed by atoms with Crippen LogP contribution in [0, 0.1) is 5.21 Å². The molecule has 1 aromatic carbocycles. The number of alkyl halides is 1. The minimum Gasteiger partial charge on any atom is -0.626 e. The van der Waals surface area contributed by atoms with E-state index in [1.165, 1.54) is 0 Å². The van der Waals surface area contributed by atoms with Gasteiger partial charge in [0, 0.05) is 6.07 Å². The van der Waals surface area contributed by atoms with Crippen molar-refractivity contribution in [3.63, 3.8) is 0 Å². The van der Waals surface area contributed by atoms with Crippen LogP contribution in [0.4, 0.5) is 11.4 Å². The van der Waals surface area contributed by atoms with E-state index in [9.17, 15) is 5.21 Å². The zero-order valence-corrected chi connectivity index (χ0v) is 7.92. The van der Waals surface area contributed by atoms with E-state index in [2.05, 4.69) is 5.32 Å². The summed E-state index contributed by atoms with van der Waals surface area (Å²) >= 11 is 5.59. The molecule has 1 aliphatic heterocycles. The molecule has 0 saturated heterocycles. The van der Waals surface area contributed by atoms with Gasteiger partial charge in [0.1, 0.15) is 5.69 Å². The van der Waals surface area contributed by atoms with Gasteiger partial charge < -0.3 is 15.2 Å². The number of para-hydroxylation sites is 2. The Labute approximate surface area is 82.1 Å². The molecule has 0 fully saturated rings. The third-order valence-electron chi connectivity index (χ3n) is 2.31. The van der Waals surface area contributed by atoms with Crippen molar-refractivity contribution in [1.29, 1.82) is 0 Å². The average Bonchev–Trinajstić information content (AvgIpc) is 2.46. The fourth-order valence-electron chi connectivity index (χ4n) is 1.61. The Morgan fingerprint density at radius 3 is 3.00 bits per heavy atom. The van der Waals surface area contributed by atoms with Gasteiger partial charge in [-0.25, -0.2) is 0 Å². The molecule has 0 amide bonds. The summed E-state index contributed by atoms with van der Waals surface area (Å²) in [6.07, 6.45) is 0. The molecule has 1 aromatic rings. The lowest BCUT2D eigenvalue weighted by atomic mass is 10.2. The minimum absolute atomic E-state index is 0.348. The molecule has 1 unspecified atom stereocenters. The lowest BCUT2D eigenvalue weighted by molar-refractivity contribution is 0.437. The van der Waals surface area contributed by atoms with E-state index in [4.69, 9.17) is 11.6 Å². The molecule has 0 aliphatic carbocycles. The van der Waals surface area contributed by atoms with Crippen LogP contribution in [0.2, 0.25) is 0 Å². The molecule has 0 radical (unpaired) electrons.